The summed E-state index contributed by atoms with van der Waals surface area (Å²) in [5.41, 5.74) is 2.92. The molecule has 0 saturated carbocycles. The molecule has 108 valence electrons. The van der Waals surface area contributed by atoms with Crippen molar-refractivity contribution in [2.75, 3.05) is 32.1 Å². The molecule has 0 spiro atoms. The summed E-state index contributed by atoms with van der Waals surface area (Å²) in [6.45, 7) is 4.86. The molecule has 1 aliphatic rings. The highest BCUT2D eigenvalue weighted by Crippen LogP contribution is 2.28. The Bertz CT molecular complexity index is 495. The molecule has 4 nitrogen and oxygen atoms in total. The standard InChI is InChI=1S/C16H23N3O/c1-12-6-7-19(11-16(12)20-3)15-5-4-13(10-18-2)8-14(15)9-17/h4-5,8,12,16,18H,6-7,10-11H2,1-3H3. The van der Waals surface area contributed by atoms with Crippen molar-refractivity contribution in [3.05, 3.63) is 29.3 Å². The lowest BCUT2D eigenvalue weighted by Gasteiger charge is -2.38. The van der Waals surface area contributed by atoms with Crippen molar-refractivity contribution in [3.63, 3.8) is 0 Å². The molecule has 1 saturated heterocycles. The second-order valence-corrected chi connectivity index (χ2v) is 5.48. The van der Waals surface area contributed by atoms with Crippen LogP contribution in [0.3, 0.4) is 0 Å². The zero-order valence-electron chi connectivity index (χ0n) is 12.5. The average Bonchev–Trinajstić information content (AvgIpc) is 2.48. The number of hydrogen-bond acceptors (Lipinski definition) is 4. The highest BCUT2D eigenvalue weighted by Gasteiger charge is 2.27. The number of benzene rings is 1. The molecule has 1 fully saturated rings. The Hall–Kier alpha value is -1.57. The van der Waals surface area contributed by atoms with Crippen LogP contribution in [0.15, 0.2) is 18.2 Å². The van der Waals surface area contributed by atoms with Gasteiger partial charge in [-0.1, -0.05) is 13.0 Å². The number of piperidine rings is 1. The fourth-order valence-corrected chi connectivity index (χ4v) is 2.82. The molecule has 0 amide bonds. The van der Waals surface area contributed by atoms with E-state index in [-0.39, 0.29) is 6.10 Å². The van der Waals surface area contributed by atoms with Crippen molar-refractivity contribution in [2.45, 2.75) is 26.0 Å². The number of ether oxygens (including phenoxy) is 1. The Kier molecular flexibility index (Phi) is 4.99. The molecular weight excluding hydrogens is 250 g/mol. The van der Waals surface area contributed by atoms with Crippen molar-refractivity contribution in [1.29, 1.82) is 5.26 Å². The predicted molar refractivity (Wildman–Crippen MR) is 80.7 cm³/mol. The molecule has 1 N–H and O–H groups in total. The number of hydrogen-bond donors (Lipinski definition) is 1. The van der Waals surface area contributed by atoms with Gasteiger partial charge in [-0.2, -0.15) is 5.26 Å². The number of nitrogens with one attached hydrogen (secondary N) is 1. The van der Waals surface area contributed by atoms with Crippen LogP contribution in [0.2, 0.25) is 0 Å². The largest absolute Gasteiger partial charge is 0.379 e. The Morgan fingerprint density at radius 1 is 1.50 bits per heavy atom. The molecule has 1 aliphatic heterocycles. The van der Waals surface area contributed by atoms with Crippen molar-refractivity contribution in [1.82, 2.24) is 5.32 Å². The van der Waals surface area contributed by atoms with Crippen LogP contribution in [-0.4, -0.2) is 33.4 Å². The molecule has 0 aliphatic carbocycles. The third kappa shape index (κ3) is 3.12. The van der Waals surface area contributed by atoms with Crippen LogP contribution < -0.4 is 10.2 Å². The molecule has 0 aromatic heterocycles. The van der Waals surface area contributed by atoms with Crippen molar-refractivity contribution >= 4 is 5.69 Å². The number of methoxy groups -OCH3 is 1. The molecule has 2 unspecified atom stereocenters. The monoisotopic (exact) mass is 273 g/mol. The lowest BCUT2D eigenvalue weighted by molar-refractivity contribution is 0.0498. The lowest BCUT2D eigenvalue weighted by Crippen LogP contribution is -2.44. The summed E-state index contributed by atoms with van der Waals surface area (Å²) in [5, 5.41) is 12.5. The van der Waals surface area contributed by atoms with Crippen LogP contribution in [0.4, 0.5) is 5.69 Å². The first-order valence-electron chi connectivity index (χ1n) is 7.15. The average molecular weight is 273 g/mol. The smallest absolute Gasteiger partial charge is 0.101 e. The van der Waals surface area contributed by atoms with Crippen LogP contribution >= 0.6 is 0 Å². The summed E-state index contributed by atoms with van der Waals surface area (Å²) in [4.78, 5) is 2.27. The first kappa shape index (κ1) is 14.8. The number of nitrogens with zero attached hydrogens (tertiary/aromatic N) is 2. The van der Waals surface area contributed by atoms with E-state index in [1.807, 2.05) is 13.1 Å². The second-order valence-electron chi connectivity index (χ2n) is 5.48. The van der Waals surface area contributed by atoms with Gasteiger partial charge in [-0.15, -0.1) is 0 Å². The van der Waals surface area contributed by atoms with Gasteiger partial charge in [0.1, 0.15) is 6.07 Å². The Labute approximate surface area is 121 Å². The number of nitriles is 1. The summed E-state index contributed by atoms with van der Waals surface area (Å²) in [6, 6.07) is 8.46. The minimum atomic E-state index is 0.243. The first-order valence-corrected chi connectivity index (χ1v) is 7.15. The maximum Gasteiger partial charge on any atom is 0.101 e. The van der Waals surface area contributed by atoms with E-state index < -0.39 is 0 Å². The van der Waals surface area contributed by atoms with E-state index in [0.29, 0.717) is 5.92 Å². The molecule has 1 aromatic carbocycles. The van der Waals surface area contributed by atoms with Crippen LogP contribution in [0, 0.1) is 17.2 Å². The van der Waals surface area contributed by atoms with Crippen LogP contribution in [0.5, 0.6) is 0 Å². The zero-order valence-corrected chi connectivity index (χ0v) is 12.5. The molecule has 1 aromatic rings. The number of rotatable bonds is 4. The first-order chi connectivity index (χ1) is 9.69. The van der Waals surface area contributed by atoms with E-state index in [0.717, 1.165) is 42.9 Å². The summed E-state index contributed by atoms with van der Waals surface area (Å²) < 4.78 is 5.56. The SMILES string of the molecule is CNCc1ccc(N2CCC(C)C(OC)C2)c(C#N)c1. The molecule has 0 bridgehead atoms. The van der Waals surface area contributed by atoms with E-state index in [2.05, 4.69) is 35.3 Å². The number of anilines is 1. The summed E-state index contributed by atoms with van der Waals surface area (Å²) in [5.74, 6) is 0.574. The van der Waals surface area contributed by atoms with Crippen LogP contribution in [0.1, 0.15) is 24.5 Å². The summed E-state index contributed by atoms with van der Waals surface area (Å²) in [6.07, 6.45) is 1.34. The van der Waals surface area contributed by atoms with Crippen molar-refractivity contribution in [3.8, 4) is 6.07 Å². The fourth-order valence-electron chi connectivity index (χ4n) is 2.82. The Morgan fingerprint density at radius 2 is 2.30 bits per heavy atom. The lowest BCUT2D eigenvalue weighted by atomic mass is 9.94. The minimum Gasteiger partial charge on any atom is -0.379 e. The summed E-state index contributed by atoms with van der Waals surface area (Å²) >= 11 is 0. The maximum absolute atomic E-state index is 9.39. The van der Waals surface area contributed by atoms with Gasteiger partial charge in [0.2, 0.25) is 0 Å². The Balaban J connectivity index is 2.22. The molecule has 2 rings (SSSR count). The molecular formula is C16H23N3O. The summed E-state index contributed by atoms with van der Waals surface area (Å²) in [7, 11) is 3.68. The zero-order chi connectivity index (χ0) is 14.5. The topological polar surface area (TPSA) is 48.3 Å². The third-order valence-corrected chi connectivity index (χ3v) is 4.10. The van der Waals surface area contributed by atoms with Crippen molar-refractivity contribution < 1.29 is 4.74 Å². The molecule has 2 atom stereocenters. The van der Waals surface area contributed by atoms with Gasteiger partial charge in [-0.25, -0.2) is 0 Å². The fraction of sp³-hybridized carbons (Fsp3) is 0.562. The van der Waals surface area contributed by atoms with Gasteiger partial charge in [0.25, 0.3) is 0 Å². The molecule has 4 heteroatoms. The highest BCUT2D eigenvalue weighted by atomic mass is 16.5. The van der Waals surface area contributed by atoms with E-state index in [9.17, 15) is 5.26 Å². The van der Waals surface area contributed by atoms with Gasteiger partial charge in [0.15, 0.2) is 0 Å². The van der Waals surface area contributed by atoms with Crippen molar-refractivity contribution in [2.24, 2.45) is 5.92 Å². The van der Waals surface area contributed by atoms with E-state index in [1.165, 1.54) is 0 Å². The Morgan fingerprint density at radius 3 is 2.95 bits per heavy atom. The second kappa shape index (κ2) is 6.74. The van der Waals surface area contributed by atoms with Gasteiger partial charge < -0.3 is 15.0 Å². The van der Waals surface area contributed by atoms with Crippen LogP contribution in [0.25, 0.3) is 0 Å². The van der Waals surface area contributed by atoms with E-state index in [1.54, 1.807) is 7.11 Å². The van der Waals surface area contributed by atoms with Gasteiger partial charge in [-0.05, 0) is 37.1 Å². The highest BCUT2D eigenvalue weighted by molar-refractivity contribution is 5.60. The molecule has 0 radical (unpaired) electrons. The molecule has 1 heterocycles. The van der Waals surface area contributed by atoms with Gasteiger partial charge >= 0.3 is 0 Å². The third-order valence-electron chi connectivity index (χ3n) is 4.10. The quantitative estimate of drug-likeness (QED) is 0.913. The van der Waals surface area contributed by atoms with Gasteiger partial charge in [0, 0.05) is 26.7 Å². The molecule has 20 heavy (non-hydrogen) atoms. The van der Waals surface area contributed by atoms with Gasteiger partial charge in [0.05, 0.1) is 17.4 Å². The minimum absolute atomic E-state index is 0.243. The van der Waals surface area contributed by atoms with E-state index in [4.69, 9.17) is 4.74 Å². The van der Waals surface area contributed by atoms with E-state index >= 15 is 0 Å². The predicted octanol–water partition coefficient (Wildman–Crippen LogP) is 2.14. The van der Waals surface area contributed by atoms with Gasteiger partial charge in [-0.3, -0.25) is 0 Å². The normalized spacial score (nSPS) is 22.6. The van der Waals surface area contributed by atoms with Crippen LogP contribution in [-0.2, 0) is 11.3 Å². The maximum atomic E-state index is 9.39.